The van der Waals surface area contributed by atoms with Crippen molar-refractivity contribution in [3.05, 3.63) is 0 Å². The second-order valence-electron chi connectivity index (χ2n) is 21.7. The van der Waals surface area contributed by atoms with Gasteiger partial charge in [0, 0.05) is 7.11 Å². The molecule has 0 N–H and O–H groups in total. The lowest BCUT2D eigenvalue weighted by Crippen LogP contribution is -2.23. The van der Waals surface area contributed by atoms with E-state index in [0.717, 1.165) is 24.2 Å². The molecule has 0 unspecified atom stereocenters. The Morgan fingerprint density at radius 1 is 0.483 bits per heavy atom. The van der Waals surface area contributed by atoms with Crippen molar-refractivity contribution in [2.45, 2.75) is 317 Å². The first-order chi connectivity index (χ1) is 29.2. The van der Waals surface area contributed by atoms with Crippen LogP contribution >= 0.6 is 0 Å². The lowest BCUT2D eigenvalue weighted by atomic mass is 9.93. The third-order valence-corrected chi connectivity index (χ3v) is 14.6. The quantitative estimate of drug-likeness (QED) is 0.0452. The first kappa shape index (κ1) is 57.4. The minimum Gasteiger partial charge on any atom is -0.465 e. The highest BCUT2D eigenvalue weighted by molar-refractivity contribution is 5.75. The first-order valence-corrected chi connectivity index (χ1v) is 27.9. The molecule has 0 aromatic rings. The van der Waals surface area contributed by atoms with Gasteiger partial charge in [-0.3, -0.25) is 4.79 Å². The van der Waals surface area contributed by atoms with Gasteiger partial charge in [-0.2, -0.15) is 0 Å². The summed E-state index contributed by atoms with van der Waals surface area (Å²) < 4.78 is 11.3. The molecule has 1 saturated carbocycles. The van der Waals surface area contributed by atoms with Crippen LogP contribution in [0.3, 0.4) is 0 Å². The molecular formula is C57H112O3. The molecule has 5 atom stereocenters. The van der Waals surface area contributed by atoms with Gasteiger partial charge in [0.25, 0.3) is 0 Å². The van der Waals surface area contributed by atoms with Crippen LogP contribution in [0.25, 0.3) is 0 Å². The second kappa shape index (κ2) is 41.2. The number of ether oxygens (including phenoxy) is 2. The van der Waals surface area contributed by atoms with Crippen molar-refractivity contribution in [3.63, 3.8) is 0 Å². The van der Waals surface area contributed by atoms with Crippen LogP contribution in [-0.4, -0.2) is 25.8 Å². The van der Waals surface area contributed by atoms with E-state index < -0.39 is 0 Å². The van der Waals surface area contributed by atoms with Gasteiger partial charge in [0.05, 0.1) is 18.1 Å². The number of carbonyl (C=O) groups is 1. The Balaban J connectivity index is 1.79. The zero-order valence-electron chi connectivity index (χ0n) is 42.5. The maximum atomic E-state index is 11.8. The van der Waals surface area contributed by atoms with Gasteiger partial charge in [-0.05, 0) is 70.1 Å². The summed E-state index contributed by atoms with van der Waals surface area (Å²) in [6, 6.07) is 0. The van der Waals surface area contributed by atoms with Gasteiger partial charge in [-0.25, -0.2) is 0 Å². The van der Waals surface area contributed by atoms with Crippen LogP contribution in [0.5, 0.6) is 0 Å². The standard InChI is InChI=1S/C57H112O3/c1-8-9-10-11-12-13-14-15-16-17-21-24-27-31-36-41-46-52(3)55(59-7)48-43-38-33-28-25-22-19-18-20-23-26-30-35-40-45-51(2)54-50-53(54)47-42-37-32-29-34-39-44-49-60-56(58)57(4,5)6/h51-55H,8-50H2,1-7H3/t51-,52-,53-,54+,55-/m0/s1. The average molecular weight is 846 g/mol. The molecule has 0 bridgehead atoms. The van der Waals surface area contributed by atoms with E-state index in [-0.39, 0.29) is 11.4 Å². The first-order valence-electron chi connectivity index (χ1n) is 27.9. The van der Waals surface area contributed by atoms with Gasteiger partial charge in [0.15, 0.2) is 0 Å². The van der Waals surface area contributed by atoms with Crippen LogP contribution in [-0.2, 0) is 14.3 Å². The third kappa shape index (κ3) is 35.8. The molecule has 3 nitrogen and oxygen atoms in total. The van der Waals surface area contributed by atoms with Gasteiger partial charge in [-0.15, -0.1) is 0 Å². The van der Waals surface area contributed by atoms with E-state index in [1.807, 2.05) is 27.9 Å². The fourth-order valence-corrected chi connectivity index (χ4v) is 10.1. The number of rotatable bonds is 47. The molecule has 0 aliphatic heterocycles. The summed E-state index contributed by atoms with van der Waals surface area (Å²) in [6.07, 6.45) is 60.0. The van der Waals surface area contributed by atoms with Gasteiger partial charge >= 0.3 is 5.97 Å². The fraction of sp³-hybridized carbons (Fsp3) is 0.982. The van der Waals surface area contributed by atoms with Crippen LogP contribution in [0.15, 0.2) is 0 Å². The molecule has 0 saturated heterocycles. The maximum Gasteiger partial charge on any atom is 0.311 e. The van der Waals surface area contributed by atoms with Crippen molar-refractivity contribution < 1.29 is 14.3 Å². The van der Waals surface area contributed by atoms with Gasteiger partial charge < -0.3 is 9.47 Å². The van der Waals surface area contributed by atoms with Gasteiger partial charge in [0.2, 0.25) is 0 Å². The molecule has 0 aromatic carbocycles. The molecule has 60 heavy (non-hydrogen) atoms. The summed E-state index contributed by atoms with van der Waals surface area (Å²) in [5, 5.41) is 0. The molecule has 0 amide bonds. The predicted octanol–water partition coefficient (Wildman–Crippen LogP) is 19.5. The molecule has 1 fully saturated rings. The third-order valence-electron chi connectivity index (χ3n) is 14.6. The topological polar surface area (TPSA) is 35.5 Å². The van der Waals surface area contributed by atoms with Crippen LogP contribution in [0, 0.1) is 29.1 Å². The zero-order valence-corrected chi connectivity index (χ0v) is 42.5. The highest BCUT2D eigenvalue weighted by Crippen LogP contribution is 2.48. The van der Waals surface area contributed by atoms with E-state index in [2.05, 4.69) is 20.8 Å². The van der Waals surface area contributed by atoms with Crippen molar-refractivity contribution in [2.75, 3.05) is 13.7 Å². The number of unbranched alkanes of at least 4 members (excludes halogenated alkanes) is 34. The van der Waals surface area contributed by atoms with Gasteiger partial charge in [0.1, 0.15) is 0 Å². The Morgan fingerprint density at radius 3 is 1.23 bits per heavy atom. The summed E-state index contributed by atoms with van der Waals surface area (Å²) in [6.45, 7) is 13.7. The average Bonchev–Trinajstić information content (AvgIpc) is 4.01. The largest absolute Gasteiger partial charge is 0.465 e. The van der Waals surface area contributed by atoms with Crippen molar-refractivity contribution in [1.82, 2.24) is 0 Å². The Morgan fingerprint density at radius 2 is 0.833 bits per heavy atom. The molecule has 1 rings (SSSR count). The summed E-state index contributed by atoms with van der Waals surface area (Å²) in [7, 11) is 1.95. The second-order valence-corrected chi connectivity index (χ2v) is 21.7. The van der Waals surface area contributed by atoms with Gasteiger partial charge in [-0.1, -0.05) is 265 Å². The Kier molecular flexibility index (Phi) is 39.4. The smallest absolute Gasteiger partial charge is 0.311 e. The van der Waals surface area contributed by atoms with Crippen molar-refractivity contribution in [3.8, 4) is 0 Å². The highest BCUT2D eigenvalue weighted by atomic mass is 16.5. The monoisotopic (exact) mass is 845 g/mol. The number of methoxy groups -OCH3 is 1. The van der Waals surface area contributed by atoms with Crippen molar-refractivity contribution in [1.29, 1.82) is 0 Å². The zero-order chi connectivity index (χ0) is 43.8. The predicted molar refractivity (Wildman–Crippen MR) is 266 cm³/mol. The van der Waals surface area contributed by atoms with E-state index in [4.69, 9.17) is 9.47 Å². The number of esters is 1. The van der Waals surface area contributed by atoms with Crippen molar-refractivity contribution in [2.24, 2.45) is 29.1 Å². The maximum absolute atomic E-state index is 11.8. The number of hydrogen-bond donors (Lipinski definition) is 0. The van der Waals surface area contributed by atoms with Crippen LogP contribution in [0.2, 0.25) is 0 Å². The molecule has 1 aliphatic rings. The summed E-state index contributed by atoms with van der Waals surface area (Å²) in [4.78, 5) is 11.8. The van der Waals surface area contributed by atoms with E-state index in [9.17, 15) is 4.79 Å². The number of hydrogen-bond acceptors (Lipinski definition) is 3. The Hall–Kier alpha value is -0.570. The molecule has 0 spiro atoms. The lowest BCUT2D eigenvalue weighted by Gasteiger charge is -2.22. The number of carbonyl (C=O) groups excluding carboxylic acids is 1. The highest BCUT2D eigenvalue weighted by Gasteiger charge is 2.39. The molecular weight excluding hydrogens is 733 g/mol. The molecule has 358 valence electrons. The molecule has 1 aliphatic carbocycles. The minimum absolute atomic E-state index is 0.0692. The minimum atomic E-state index is -0.377. The van der Waals surface area contributed by atoms with Crippen molar-refractivity contribution >= 4 is 5.97 Å². The van der Waals surface area contributed by atoms with Crippen LogP contribution in [0.4, 0.5) is 0 Å². The van der Waals surface area contributed by atoms with E-state index in [0.29, 0.717) is 18.6 Å². The van der Waals surface area contributed by atoms with Crippen LogP contribution < -0.4 is 0 Å². The Labute approximate surface area is 379 Å². The normalized spacial score (nSPS) is 16.9. The van der Waals surface area contributed by atoms with Crippen LogP contribution in [0.1, 0.15) is 311 Å². The van der Waals surface area contributed by atoms with E-state index in [1.54, 1.807) is 0 Å². The van der Waals surface area contributed by atoms with E-state index >= 15 is 0 Å². The Bertz CT molecular complexity index is 892. The van der Waals surface area contributed by atoms with E-state index in [1.165, 1.54) is 263 Å². The molecule has 0 radical (unpaired) electrons. The fourth-order valence-electron chi connectivity index (χ4n) is 10.1. The molecule has 0 heterocycles. The SMILES string of the molecule is CCCCCCCCCCCCCCCCCC[C@H](C)[C@H](CCCCCCCCCCCCCCCC[C@H](C)[C@H]1C[C@@H]1CCCCCCCCCOC(=O)C(C)(C)C)OC. The summed E-state index contributed by atoms with van der Waals surface area (Å²) in [5.41, 5.74) is -0.377. The summed E-state index contributed by atoms with van der Waals surface area (Å²) in [5.74, 6) is 3.69. The molecule has 0 aromatic heterocycles. The summed E-state index contributed by atoms with van der Waals surface area (Å²) >= 11 is 0. The lowest BCUT2D eigenvalue weighted by molar-refractivity contribution is -0.153. The molecule has 3 heteroatoms.